The van der Waals surface area contributed by atoms with Crippen LogP contribution in [0.15, 0.2) is 0 Å². The molecule has 4 nitrogen and oxygen atoms in total. The van der Waals surface area contributed by atoms with E-state index in [1.807, 2.05) is 0 Å². The molecule has 0 radical (unpaired) electrons. The van der Waals surface area contributed by atoms with Crippen LogP contribution in [-0.4, -0.2) is 62.0 Å². The summed E-state index contributed by atoms with van der Waals surface area (Å²) in [5.41, 5.74) is 0. The Morgan fingerprint density at radius 3 is 2.31 bits per heavy atom. The molecule has 1 rings (SSSR count). The molecule has 16 heavy (non-hydrogen) atoms. The number of nitrogens with zero attached hydrogens (tertiary/aromatic N) is 2. The van der Waals surface area contributed by atoms with Gasteiger partial charge < -0.3 is 4.90 Å². The average molecular weight is 269 g/mol. The van der Waals surface area contributed by atoms with E-state index in [1.54, 1.807) is 4.31 Å². The van der Waals surface area contributed by atoms with Crippen molar-refractivity contribution in [2.75, 3.05) is 44.4 Å². The first kappa shape index (κ1) is 14.2. The molecule has 0 amide bonds. The van der Waals surface area contributed by atoms with Crippen molar-refractivity contribution in [2.24, 2.45) is 0 Å². The fourth-order valence-corrected chi connectivity index (χ4v) is 3.69. The van der Waals surface area contributed by atoms with Gasteiger partial charge in [0.1, 0.15) is 0 Å². The molecule has 0 unspecified atom stereocenters. The first-order valence-electron chi connectivity index (χ1n) is 5.86. The van der Waals surface area contributed by atoms with Gasteiger partial charge in [0.2, 0.25) is 10.0 Å². The molecule has 0 aliphatic carbocycles. The summed E-state index contributed by atoms with van der Waals surface area (Å²) in [5.74, 6) is 0.597. The Hall–Kier alpha value is 0.160. The van der Waals surface area contributed by atoms with Crippen molar-refractivity contribution < 1.29 is 8.42 Å². The highest BCUT2D eigenvalue weighted by molar-refractivity contribution is 7.89. The molecule has 96 valence electrons. The number of hydrogen-bond acceptors (Lipinski definition) is 3. The quantitative estimate of drug-likeness (QED) is 0.674. The predicted molar refractivity (Wildman–Crippen MR) is 67.4 cm³/mol. The third-order valence-electron chi connectivity index (χ3n) is 2.80. The lowest BCUT2D eigenvalue weighted by Crippen LogP contribution is -2.49. The minimum atomic E-state index is -3.06. The van der Waals surface area contributed by atoms with Gasteiger partial charge >= 0.3 is 0 Å². The molecule has 0 saturated carbocycles. The molecule has 0 spiro atoms. The predicted octanol–water partition coefficient (Wildman–Crippen LogP) is 0.973. The SMILES string of the molecule is CCCN1CCN(S(=O)(=O)CCCCl)CC1. The summed E-state index contributed by atoms with van der Waals surface area (Å²) in [4.78, 5) is 2.31. The lowest BCUT2D eigenvalue weighted by molar-refractivity contribution is 0.188. The summed E-state index contributed by atoms with van der Waals surface area (Å²) in [6, 6.07) is 0. The smallest absolute Gasteiger partial charge is 0.214 e. The molecule has 0 bridgehead atoms. The highest BCUT2D eigenvalue weighted by Crippen LogP contribution is 2.09. The maximum Gasteiger partial charge on any atom is 0.214 e. The van der Waals surface area contributed by atoms with Crippen LogP contribution in [0.1, 0.15) is 19.8 Å². The number of alkyl halides is 1. The zero-order chi connectivity index (χ0) is 12.0. The van der Waals surface area contributed by atoms with E-state index >= 15 is 0 Å². The molecule has 0 atom stereocenters. The van der Waals surface area contributed by atoms with Gasteiger partial charge in [-0.2, -0.15) is 4.31 Å². The number of hydrogen-bond donors (Lipinski definition) is 0. The second-order valence-electron chi connectivity index (χ2n) is 4.10. The Morgan fingerprint density at radius 2 is 1.81 bits per heavy atom. The molecular weight excluding hydrogens is 248 g/mol. The summed E-state index contributed by atoms with van der Waals surface area (Å²) in [6.45, 7) is 6.18. The topological polar surface area (TPSA) is 40.6 Å². The Morgan fingerprint density at radius 1 is 1.19 bits per heavy atom. The first-order chi connectivity index (χ1) is 7.60. The van der Waals surface area contributed by atoms with Crippen molar-refractivity contribution in [3.05, 3.63) is 0 Å². The second kappa shape index (κ2) is 6.79. The number of rotatable bonds is 6. The normalized spacial score (nSPS) is 20.1. The van der Waals surface area contributed by atoms with Gasteiger partial charge in [-0.05, 0) is 19.4 Å². The van der Waals surface area contributed by atoms with Gasteiger partial charge in [-0.15, -0.1) is 11.6 Å². The van der Waals surface area contributed by atoms with Crippen LogP contribution in [0.2, 0.25) is 0 Å². The number of sulfonamides is 1. The van der Waals surface area contributed by atoms with E-state index in [1.165, 1.54) is 0 Å². The minimum absolute atomic E-state index is 0.185. The van der Waals surface area contributed by atoms with Gasteiger partial charge in [-0.1, -0.05) is 6.92 Å². The van der Waals surface area contributed by atoms with E-state index < -0.39 is 10.0 Å². The molecule has 1 heterocycles. The summed E-state index contributed by atoms with van der Waals surface area (Å²) in [6.07, 6.45) is 1.66. The molecule has 0 N–H and O–H groups in total. The van der Waals surface area contributed by atoms with E-state index in [2.05, 4.69) is 11.8 Å². The van der Waals surface area contributed by atoms with Crippen LogP contribution in [0, 0.1) is 0 Å². The highest BCUT2D eigenvalue weighted by atomic mass is 35.5. The molecule has 1 fully saturated rings. The average Bonchev–Trinajstić information content (AvgIpc) is 2.28. The number of halogens is 1. The van der Waals surface area contributed by atoms with E-state index in [0.717, 1.165) is 26.1 Å². The van der Waals surface area contributed by atoms with Gasteiger partial charge in [0.25, 0.3) is 0 Å². The van der Waals surface area contributed by atoms with Crippen LogP contribution in [0.4, 0.5) is 0 Å². The van der Waals surface area contributed by atoms with E-state index in [4.69, 9.17) is 11.6 Å². The Kier molecular flexibility index (Phi) is 6.03. The fourth-order valence-electron chi connectivity index (χ4n) is 1.91. The zero-order valence-corrected chi connectivity index (χ0v) is 11.4. The van der Waals surface area contributed by atoms with Crippen LogP contribution in [-0.2, 0) is 10.0 Å². The van der Waals surface area contributed by atoms with Gasteiger partial charge in [-0.3, -0.25) is 0 Å². The lowest BCUT2D eigenvalue weighted by atomic mass is 10.3. The maximum atomic E-state index is 11.9. The van der Waals surface area contributed by atoms with Gasteiger partial charge in [-0.25, -0.2) is 8.42 Å². The molecule has 1 aliphatic rings. The molecule has 0 aromatic rings. The molecule has 1 aliphatic heterocycles. The van der Waals surface area contributed by atoms with E-state index in [-0.39, 0.29) is 5.75 Å². The molecule has 0 aromatic carbocycles. The van der Waals surface area contributed by atoms with Gasteiger partial charge in [0, 0.05) is 32.1 Å². The highest BCUT2D eigenvalue weighted by Gasteiger charge is 2.25. The summed E-state index contributed by atoms with van der Waals surface area (Å²) in [7, 11) is -3.06. The van der Waals surface area contributed by atoms with Crippen molar-refractivity contribution in [2.45, 2.75) is 19.8 Å². The third-order valence-corrected chi connectivity index (χ3v) is 5.02. The van der Waals surface area contributed by atoms with Gasteiger partial charge in [0.05, 0.1) is 5.75 Å². The zero-order valence-electron chi connectivity index (χ0n) is 9.86. The monoisotopic (exact) mass is 268 g/mol. The van der Waals surface area contributed by atoms with E-state index in [0.29, 0.717) is 25.4 Å². The Balaban J connectivity index is 2.40. The fraction of sp³-hybridized carbons (Fsp3) is 1.00. The second-order valence-corrected chi connectivity index (χ2v) is 6.57. The van der Waals surface area contributed by atoms with Crippen molar-refractivity contribution in [1.82, 2.24) is 9.21 Å². The molecule has 0 aromatic heterocycles. The van der Waals surface area contributed by atoms with Crippen LogP contribution in [0.5, 0.6) is 0 Å². The van der Waals surface area contributed by atoms with Crippen LogP contribution in [0.3, 0.4) is 0 Å². The maximum absolute atomic E-state index is 11.9. The van der Waals surface area contributed by atoms with Crippen LogP contribution in [0.25, 0.3) is 0 Å². The Labute approximate surface area is 104 Å². The van der Waals surface area contributed by atoms with Crippen molar-refractivity contribution in [1.29, 1.82) is 0 Å². The summed E-state index contributed by atoms with van der Waals surface area (Å²) < 4.78 is 25.3. The minimum Gasteiger partial charge on any atom is -0.301 e. The summed E-state index contributed by atoms with van der Waals surface area (Å²) in [5, 5.41) is 0. The Bertz CT molecular complexity index is 287. The third kappa shape index (κ3) is 4.20. The van der Waals surface area contributed by atoms with Crippen LogP contribution < -0.4 is 0 Å². The molecular formula is C10H21ClN2O2S. The van der Waals surface area contributed by atoms with Gasteiger partial charge in [0.15, 0.2) is 0 Å². The first-order valence-corrected chi connectivity index (χ1v) is 8.00. The summed E-state index contributed by atoms with van der Waals surface area (Å²) >= 11 is 5.52. The van der Waals surface area contributed by atoms with Crippen LogP contribution >= 0.6 is 11.6 Å². The van der Waals surface area contributed by atoms with E-state index in [9.17, 15) is 8.42 Å². The lowest BCUT2D eigenvalue weighted by Gasteiger charge is -2.33. The largest absolute Gasteiger partial charge is 0.301 e. The number of piperazine rings is 1. The van der Waals surface area contributed by atoms with Crippen molar-refractivity contribution in [3.63, 3.8) is 0 Å². The van der Waals surface area contributed by atoms with Crippen molar-refractivity contribution in [3.8, 4) is 0 Å². The van der Waals surface area contributed by atoms with Crippen molar-refractivity contribution >= 4 is 21.6 Å². The molecule has 6 heteroatoms. The molecule has 1 saturated heterocycles. The standard InChI is InChI=1S/C10H21ClN2O2S/c1-2-5-12-6-8-13(9-7-12)16(14,15)10-3-4-11/h2-10H2,1H3.